The summed E-state index contributed by atoms with van der Waals surface area (Å²) in [4.78, 5) is 18.9. The molecule has 1 atom stereocenters. The van der Waals surface area contributed by atoms with Crippen molar-refractivity contribution < 1.29 is 19.1 Å². The van der Waals surface area contributed by atoms with Crippen LogP contribution in [0.25, 0.3) is 0 Å². The third kappa shape index (κ3) is 3.19. The first-order valence-electron chi connectivity index (χ1n) is 10.0. The van der Waals surface area contributed by atoms with Gasteiger partial charge in [-0.25, -0.2) is 4.98 Å². The molecule has 0 aromatic carbocycles. The molecule has 1 amide bonds. The van der Waals surface area contributed by atoms with Gasteiger partial charge in [0.05, 0.1) is 11.9 Å². The first-order valence-corrected chi connectivity index (χ1v) is 10.0. The fourth-order valence-corrected chi connectivity index (χ4v) is 4.06. The lowest BCUT2D eigenvalue weighted by atomic mass is 9.83. The van der Waals surface area contributed by atoms with E-state index in [1.165, 1.54) is 0 Å². The van der Waals surface area contributed by atoms with Crippen molar-refractivity contribution in [2.24, 2.45) is 0 Å². The van der Waals surface area contributed by atoms with Gasteiger partial charge in [-0.15, -0.1) is 0 Å². The van der Waals surface area contributed by atoms with Crippen LogP contribution in [0.1, 0.15) is 80.0 Å². The van der Waals surface area contributed by atoms with Crippen molar-refractivity contribution in [1.82, 2.24) is 19.7 Å². The second-order valence-electron chi connectivity index (χ2n) is 8.13. The Labute approximate surface area is 164 Å². The summed E-state index contributed by atoms with van der Waals surface area (Å²) in [6, 6.07) is 0.204. The Morgan fingerprint density at radius 3 is 2.71 bits per heavy atom. The standard InChI is InChI=1S/C20H28N4O4/c1-5-16-21-13(4)18(27-16)19(26)23-8-6-20(7-9-23)10-14(25)17-15(28-20)11-24(22-17)12(2)3/h11-12,14,25H,5-10H2,1-4H3. The first kappa shape index (κ1) is 19.0. The monoisotopic (exact) mass is 388 g/mol. The molecule has 8 nitrogen and oxygen atoms in total. The largest absolute Gasteiger partial charge is 0.483 e. The topological polar surface area (TPSA) is 93.6 Å². The summed E-state index contributed by atoms with van der Waals surface area (Å²) in [6.07, 6.45) is 3.71. The number of aryl methyl sites for hydroxylation is 2. The Bertz CT molecular complexity index is 877. The minimum atomic E-state index is -0.644. The molecular formula is C20H28N4O4. The quantitative estimate of drug-likeness (QED) is 0.869. The number of likely N-dealkylation sites (tertiary alicyclic amines) is 1. The number of carbonyl (C=O) groups excluding carboxylic acids is 1. The van der Waals surface area contributed by atoms with Crippen LogP contribution in [0, 0.1) is 6.92 Å². The van der Waals surface area contributed by atoms with Gasteiger partial charge in [0, 0.05) is 44.8 Å². The zero-order valence-corrected chi connectivity index (χ0v) is 16.9. The summed E-state index contributed by atoms with van der Waals surface area (Å²) < 4.78 is 13.8. The average Bonchev–Trinajstić information content (AvgIpc) is 3.25. The molecular weight excluding hydrogens is 360 g/mol. The lowest BCUT2D eigenvalue weighted by Crippen LogP contribution is -2.51. The van der Waals surface area contributed by atoms with E-state index < -0.39 is 11.7 Å². The number of hydrogen-bond donors (Lipinski definition) is 1. The van der Waals surface area contributed by atoms with E-state index in [4.69, 9.17) is 9.15 Å². The number of piperidine rings is 1. The molecule has 152 valence electrons. The number of amides is 1. The van der Waals surface area contributed by atoms with Gasteiger partial charge in [0.25, 0.3) is 5.91 Å². The predicted molar refractivity (Wildman–Crippen MR) is 101 cm³/mol. The fourth-order valence-electron chi connectivity index (χ4n) is 4.06. The average molecular weight is 388 g/mol. The molecule has 1 unspecified atom stereocenters. The van der Waals surface area contributed by atoms with E-state index in [0.717, 1.165) is 0 Å². The van der Waals surface area contributed by atoms with Gasteiger partial charge in [0.1, 0.15) is 17.4 Å². The van der Waals surface area contributed by atoms with E-state index in [9.17, 15) is 9.90 Å². The molecule has 28 heavy (non-hydrogen) atoms. The van der Waals surface area contributed by atoms with Gasteiger partial charge in [-0.2, -0.15) is 5.10 Å². The number of oxazole rings is 1. The number of aromatic nitrogens is 3. The summed E-state index contributed by atoms with van der Waals surface area (Å²) >= 11 is 0. The molecule has 0 radical (unpaired) electrons. The van der Waals surface area contributed by atoms with Crippen LogP contribution in [-0.2, 0) is 6.42 Å². The van der Waals surface area contributed by atoms with Crippen molar-refractivity contribution in [2.75, 3.05) is 13.1 Å². The fraction of sp³-hybridized carbons (Fsp3) is 0.650. The number of ether oxygens (including phenoxy) is 1. The molecule has 4 rings (SSSR count). The molecule has 2 aromatic rings. The molecule has 1 fully saturated rings. The van der Waals surface area contributed by atoms with Gasteiger partial charge in [0.15, 0.2) is 11.6 Å². The van der Waals surface area contributed by atoms with E-state index >= 15 is 0 Å². The third-order valence-electron chi connectivity index (χ3n) is 5.76. The summed E-state index contributed by atoms with van der Waals surface area (Å²) in [5, 5.41) is 15.1. The first-order chi connectivity index (χ1) is 13.3. The molecule has 2 aliphatic heterocycles. The highest BCUT2D eigenvalue weighted by Crippen LogP contribution is 2.44. The van der Waals surface area contributed by atoms with Crippen molar-refractivity contribution >= 4 is 5.91 Å². The van der Waals surface area contributed by atoms with Crippen LogP contribution in [0.3, 0.4) is 0 Å². The van der Waals surface area contributed by atoms with Crippen molar-refractivity contribution in [3.05, 3.63) is 29.2 Å². The van der Waals surface area contributed by atoms with Crippen LogP contribution >= 0.6 is 0 Å². The van der Waals surface area contributed by atoms with E-state index in [1.807, 2.05) is 31.6 Å². The van der Waals surface area contributed by atoms with Gasteiger partial charge in [0.2, 0.25) is 5.76 Å². The number of aliphatic hydroxyl groups is 1. The van der Waals surface area contributed by atoms with E-state index in [0.29, 0.717) is 67.6 Å². The number of aliphatic hydroxyl groups excluding tert-OH is 1. The maximum absolute atomic E-state index is 12.9. The van der Waals surface area contributed by atoms with Crippen LogP contribution < -0.4 is 4.74 Å². The Morgan fingerprint density at radius 1 is 1.39 bits per heavy atom. The molecule has 1 saturated heterocycles. The number of fused-ring (bicyclic) bond motifs is 1. The summed E-state index contributed by atoms with van der Waals surface area (Å²) in [5.74, 6) is 1.45. The van der Waals surface area contributed by atoms with Gasteiger partial charge in [-0.3, -0.25) is 9.48 Å². The number of nitrogens with zero attached hydrogens (tertiary/aromatic N) is 4. The highest BCUT2D eigenvalue weighted by atomic mass is 16.5. The predicted octanol–water partition coefficient (Wildman–Crippen LogP) is 2.81. The van der Waals surface area contributed by atoms with E-state index in [2.05, 4.69) is 10.1 Å². The van der Waals surface area contributed by atoms with Crippen LogP contribution in [0.4, 0.5) is 0 Å². The second kappa shape index (κ2) is 6.92. The zero-order chi connectivity index (χ0) is 20.1. The molecule has 8 heteroatoms. The molecule has 2 aliphatic rings. The maximum atomic E-state index is 12.9. The van der Waals surface area contributed by atoms with Crippen molar-refractivity contribution in [1.29, 1.82) is 0 Å². The number of rotatable bonds is 3. The van der Waals surface area contributed by atoms with Crippen molar-refractivity contribution in [3.63, 3.8) is 0 Å². The van der Waals surface area contributed by atoms with Crippen molar-refractivity contribution in [3.8, 4) is 5.75 Å². The van der Waals surface area contributed by atoms with Crippen LogP contribution in [-0.4, -0.2) is 49.4 Å². The van der Waals surface area contributed by atoms with Gasteiger partial charge in [-0.05, 0) is 20.8 Å². The van der Waals surface area contributed by atoms with Crippen LogP contribution in [0.15, 0.2) is 10.6 Å². The van der Waals surface area contributed by atoms with E-state index in [1.54, 1.807) is 11.8 Å². The molecule has 0 aliphatic carbocycles. The molecule has 1 spiro atoms. The Hall–Kier alpha value is -2.35. The van der Waals surface area contributed by atoms with Gasteiger partial charge in [-0.1, -0.05) is 6.92 Å². The lowest BCUT2D eigenvalue weighted by Gasteiger charge is -2.44. The lowest BCUT2D eigenvalue weighted by molar-refractivity contribution is -0.0507. The van der Waals surface area contributed by atoms with Gasteiger partial charge < -0.3 is 19.2 Å². The third-order valence-corrected chi connectivity index (χ3v) is 5.76. The molecule has 1 N–H and O–H groups in total. The molecule has 2 aromatic heterocycles. The molecule has 0 saturated carbocycles. The van der Waals surface area contributed by atoms with Crippen molar-refractivity contribution in [2.45, 2.75) is 71.1 Å². The zero-order valence-electron chi connectivity index (χ0n) is 16.9. The summed E-state index contributed by atoms with van der Waals surface area (Å²) in [5.41, 5.74) is 0.790. The summed E-state index contributed by atoms with van der Waals surface area (Å²) in [7, 11) is 0. The van der Waals surface area contributed by atoms with E-state index in [-0.39, 0.29) is 11.9 Å². The normalized spacial score (nSPS) is 21.1. The minimum Gasteiger partial charge on any atom is -0.483 e. The smallest absolute Gasteiger partial charge is 0.291 e. The minimum absolute atomic E-state index is 0.121. The highest BCUT2D eigenvalue weighted by molar-refractivity contribution is 5.92. The Balaban J connectivity index is 1.47. The second-order valence-corrected chi connectivity index (χ2v) is 8.13. The summed E-state index contributed by atoms with van der Waals surface area (Å²) in [6.45, 7) is 8.95. The van der Waals surface area contributed by atoms with Gasteiger partial charge >= 0.3 is 0 Å². The number of hydrogen-bond acceptors (Lipinski definition) is 6. The molecule has 4 heterocycles. The number of carbonyl (C=O) groups is 1. The SMILES string of the molecule is CCc1nc(C)c(C(=O)N2CCC3(CC2)CC(O)c2nn(C(C)C)cc2O3)o1. The maximum Gasteiger partial charge on any atom is 0.291 e. The Morgan fingerprint density at radius 2 is 2.11 bits per heavy atom. The molecule has 0 bridgehead atoms. The Kier molecular flexibility index (Phi) is 4.69. The highest BCUT2D eigenvalue weighted by Gasteiger charge is 2.45. The van der Waals surface area contributed by atoms with Crippen LogP contribution in [0.2, 0.25) is 0 Å². The van der Waals surface area contributed by atoms with Crippen LogP contribution in [0.5, 0.6) is 5.75 Å².